The van der Waals surface area contributed by atoms with E-state index >= 15 is 0 Å². The molecule has 1 aliphatic heterocycles. The maximum atomic E-state index is 5.55. The third-order valence-electron chi connectivity index (χ3n) is 2.71. The third kappa shape index (κ3) is 1.78. The maximum Gasteiger partial charge on any atom is 0.121 e. The molecule has 2 aromatic rings. The molecule has 84 valence electrons. The molecule has 0 radical (unpaired) electrons. The summed E-state index contributed by atoms with van der Waals surface area (Å²) in [6.07, 6.45) is 1.80. The Morgan fingerprint density at radius 3 is 2.88 bits per heavy atom. The number of hydrogen-bond donors (Lipinski definition) is 0. The fourth-order valence-electron chi connectivity index (χ4n) is 1.92. The van der Waals surface area contributed by atoms with Gasteiger partial charge in [0.1, 0.15) is 12.4 Å². The van der Waals surface area contributed by atoms with Crippen LogP contribution in [0.25, 0.3) is 11.1 Å². The second kappa shape index (κ2) is 4.18. The molecule has 0 spiro atoms. The fraction of sp³-hybridized carbons (Fsp3) is 0.0714. The van der Waals surface area contributed by atoms with E-state index in [-0.39, 0.29) is 0 Å². The quantitative estimate of drug-likeness (QED) is 0.801. The second-order valence-electron chi connectivity index (χ2n) is 3.76. The maximum absolute atomic E-state index is 5.55. The van der Waals surface area contributed by atoms with Crippen LogP contribution in [-0.4, -0.2) is 11.6 Å². The first-order valence-corrected chi connectivity index (χ1v) is 6.25. The smallest absolute Gasteiger partial charge is 0.121 e. The molecule has 0 bridgehead atoms. The Morgan fingerprint density at radius 1 is 1.24 bits per heavy atom. The van der Waals surface area contributed by atoms with Gasteiger partial charge in [-0.05, 0) is 23.6 Å². The normalized spacial score (nSPS) is 15.2. The van der Waals surface area contributed by atoms with Gasteiger partial charge in [0.15, 0.2) is 0 Å². The molecular weight excluding hydrogens is 230 g/mol. The summed E-state index contributed by atoms with van der Waals surface area (Å²) in [6, 6.07) is 10.0. The molecule has 0 saturated carbocycles. The highest BCUT2D eigenvalue weighted by Crippen LogP contribution is 2.38. The summed E-state index contributed by atoms with van der Waals surface area (Å²) in [7, 11) is 0. The van der Waals surface area contributed by atoms with E-state index in [9.17, 15) is 0 Å². The second-order valence-corrected chi connectivity index (χ2v) is 4.71. The van der Waals surface area contributed by atoms with E-state index in [0.717, 1.165) is 22.6 Å². The Kier molecular flexibility index (Phi) is 2.53. The Morgan fingerprint density at radius 2 is 2.18 bits per heavy atom. The van der Waals surface area contributed by atoms with E-state index in [1.54, 1.807) is 17.5 Å². The van der Waals surface area contributed by atoms with Gasteiger partial charge in [0.25, 0.3) is 0 Å². The van der Waals surface area contributed by atoms with Crippen molar-refractivity contribution in [2.24, 2.45) is 0 Å². The van der Waals surface area contributed by atoms with Crippen molar-refractivity contribution in [1.82, 2.24) is 4.98 Å². The summed E-state index contributed by atoms with van der Waals surface area (Å²) in [6.45, 7) is 4.52. The number of aromatic nitrogens is 1. The SMILES string of the molecule is C=C1OCC(c2ccccn2)=C1c1cccs1. The summed E-state index contributed by atoms with van der Waals surface area (Å²) in [5, 5.41) is 2.06. The van der Waals surface area contributed by atoms with E-state index < -0.39 is 0 Å². The van der Waals surface area contributed by atoms with Crippen LogP contribution in [0.15, 0.2) is 54.2 Å². The molecule has 0 atom stereocenters. The highest BCUT2D eigenvalue weighted by atomic mass is 32.1. The number of allylic oxidation sites excluding steroid dienone is 1. The molecule has 3 rings (SSSR count). The van der Waals surface area contributed by atoms with Crippen molar-refractivity contribution < 1.29 is 4.74 Å². The Bertz CT molecular complexity index is 570. The van der Waals surface area contributed by atoms with E-state index in [4.69, 9.17) is 4.74 Å². The Labute approximate surface area is 104 Å². The van der Waals surface area contributed by atoms with Gasteiger partial charge in [-0.25, -0.2) is 0 Å². The van der Waals surface area contributed by atoms with Crippen molar-refractivity contribution in [3.63, 3.8) is 0 Å². The van der Waals surface area contributed by atoms with E-state index in [0.29, 0.717) is 6.61 Å². The standard InChI is InChI=1S/C14H11NOS/c1-10-14(13-6-4-8-17-13)11(9-16-10)12-5-2-3-7-15-12/h2-8H,1,9H2. The zero-order valence-corrected chi connectivity index (χ0v) is 10.0. The lowest BCUT2D eigenvalue weighted by atomic mass is 10.0. The molecule has 0 aliphatic carbocycles. The van der Waals surface area contributed by atoms with Crippen LogP contribution < -0.4 is 0 Å². The van der Waals surface area contributed by atoms with Gasteiger partial charge in [0.2, 0.25) is 0 Å². The van der Waals surface area contributed by atoms with E-state index in [1.165, 1.54) is 4.88 Å². The van der Waals surface area contributed by atoms with E-state index in [2.05, 4.69) is 23.0 Å². The summed E-state index contributed by atoms with van der Waals surface area (Å²) < 4.78 is 5.55. The first-order valence-electron chi connectivity index (χ1n) is 5.37. The van der Waals surface area contributed by atoms with Gasteiger partial charge in [0, 0.05) is 22.2 Å². The van der Waals surface area contributed by atoms with E-state index in [1.807, 2.05) is 24.3 Å². The Hall–Kier alpha value is -1.87. The zero-order chi connectivity index (χ0) is 11.7. The summed E-state index contributed by atoms with van der Waals surface area (Å²) >= 11 is 1.70. The van der Waals surface area contributed by atoms with Gasteiger partial charge >= 0.3 is 0 Å². The molecule has 0 unspecified atom stereocenters. The molecule has 0 saturated heterocycles. The summed E-state index contributed by atoms with van der Waals surface area (Å²) in [5.41, 5.74) is 3.19. The van der Waals surface area contributed by atoms with Crippen LogP contribution in [0, 0.1) is 0 Å². The highest BCUT2D eigenvalue weighted by Gasteiger charge is 2.23. The molecular formula is C14H11NOS. The third-order valence-corrected chi connectivity index (χ3v) is 3.60. The van der Waals surface area contributed by atoms with Gasteiger partial charge in [-0.1, -0.05) is 18.7 Å². The molecule has 0 amide bonds. The topological polar surface area (TPSA) is 22.1 Å². The van der Waals surface area contributed by atoms with Gasteiger partial charge in [0.05, 0.1) is 5.69 Å². The Balaban J connectivity index is 2.16. The number of pyridine rings is 1. The van der Waals surface area contributed by atoms with Gasteiger partial charge in [-0.2, -0.15) is 0 Å². The number of rotatable bonds is 2. The lowest BCUT2D eigenvalue weighted by Crippen LogP contribution is -1.91. The van der Waals surface area contributed by atoms with Crippen molar-refractivity contribution in [3.8, 4) is 0 Å². The number of ether oxygens (including phenoxy) is 1. The minimum Gasteiger partial charge on any atom is -0.489 e. The van der Waals surface area contributed by atoms with Crippen molar-refractivity contribution >= 4 is 22.5 Å². The minimum atomic E-state index is 0.559. The van der Waals surface area contributed by atoms with Crippen LogP contribution in [0.3, 0.4) is 0 Å². The van der Waals surface area contributed by atoms with Crippen molar-refractivity contribution in [3.05, 3.63) is 64.8 Å². The minimum absolute atomic E-state index is 0.559. The molecule has 3 heterocycles. The molecule has 2 nitrogen and oxygen atoms in total. The van der Waals surface area contributed by atoms with Crippen molar-refractivity contribution in [1.29, 1.82) is 0 Å². The van der Waals surface area contributed by atoms with Crippen LogP contribution in [0.2, 0.25) is 0 Å². The molecule has 2 aromatic heterocycles. The monoisotopic (exact) mass is 241 g/mol. The van der Waals surface area contributed by atoms with Crippen LogP contribution in [0.4, 0.5) is 0 Å². The fourth-order valence-corrected chi connectivity index (χ4v) is 2.74. The number of thiophene rings is 1. The summed E-state index contributed by atoms with van der Waals surface area (Å²) in [4.78, 5) is 5.57. The predicted molar refractivity (Wildman–Crippen MR) is 70.5 cm³/mol. The largest absolute Gasteiger partial charge is 0.489 e. The molecule has 0 aromatic carbocycles. The summed E-state index contributed by atoms with van der Waals surface area (Å²) in [5.74, 6) is 0.744. The van der Waals surface area contributed by atoms with Crippen molar-refractivity contribution in [2.75, 3.05) is 6.61 Å². The van der Waals surface area contributed by atoms with Crippen LogP contribution in [0.5, 0.6) is 0 Å². The molecule has 1 aliphatic rings. The number of hydrogen-bond acceptors (Lipinski definition) is 3. The van der Waals surface area contributed by atoms with Crippen LogP contribution >= 0.6 is 11.3 Å². The average Bonchev–Trinajstić information content (AvgIpc) is 2.99. The molecule has 17 heavy (non-hydrogen) atoms. The zero-order valence-electron chi connectivity index (χ0n) is 9.22. The van der Waals surface area contributed by atoms with Crippen LogP contribution in [-0.2, 0) is 4.74 Å². The molecule has 0 N–H and O–H groups in total. The number of nitrogens with zero attached hydrogens (tertiary/aromatic N) is 1. The van der Waals surface area contributed by atoms with Gasteiger partial charge in [-0.15, -0.1) is 11.3 Å². The molecule has 0 fully saturated rings. The first-order chi connectivity index (χ1) is 8.36. The highest BCUT2D eigenvalue weighted by molar-refractivity contribution is 7.11. The lowest BCUT2D eigenvalue weighted by molar-refractivity contribution is 0.286. The molecule has 3 heteroatoms. The van der Waals surface area contributed by atoms with Crippen molar-refractivity contribution in [2.45, 2.75) is 0 Å². The average molecular weight is 241 g/mol. The lowest BCUT2D eigenvalue weighted by Gasteiger charge is -2.02. The predicted octanol–water partition coefficient (Wildman–Crippen LogP) is 3.60. The first kappa shape index (κ1) is 10.3. The van der Waals surface area contributed by atoms with Crippen LogP contribution in [0.1, 0.15) is 10.6 Å². The van der Waals surface area contributed by atoms with Gasteiger partial charge < -0.3 is 4.74 Å². The van der Waals surface area contributed by atoms with Gasteiger partial charge in [-0.3, -0.25) is 4.98 Å².